The van der Waals surface area contributed by atoms with Crippen molar-refractivity contribution in [2.45, 2.75) is 32.6 Å². The smallest absolute Gasteiger partial charge is 0.167 e. The number of nitrogens with zero attached hydrogens (tertiary/aromatic N) is 1. The van der Waals surface area contributed by atoms with Crippen molar-refractivity contribution in [2.24, 2.45) is 5.92 Å². The molecule has 3 nitrogen and oxygen atoms in total. The second-order valence-electron chi connectivity index (χ2n) is 7.79. The lowest BCUT2D eigenvalue weighted by Crippen LogP contribution is -2.09. The lowest BCUT2D eigenvalue weighted by molar-refractivity contribution is 0.289. The van der Waals surface area contributed by atoms with E-state index < -0.39 is 0 Å². The predicted molar refractivity (Wildman–Crippen MR) is 108 cm³/mol. The van der Waals surface area contributed by atoms with Gasteiger partial charge in [-0.2, -0.15) is 0 Å². The van der Waals surface area contributed by atoms with Crippen LogP contribution in [0.3, 0.4) is 0 Å². The Labute approximate surface area is 159 Å². The number of benzene rings is 2. The molecule has 0 N–H and O–H groups in total. The summed E-state index contributed by atoms with van der Waals surface area (Å²) in [6, 6.07) is 14.9. The number of fused-ring (bicyclic) bond motifs is 2. The summed E-state index contributed by atoms with van der Waals surface area (Å²) in [5.41, 5.74) is 6.85. The Morgan fingerprint density at radius 2 is 2.04 bits per heavy atom. The first kappa shape index (κ1) is 16.4. The zero-order chi connectivity index (χ0) is 18.4. The molecule has 136 valence electrons. The molecule has 0 spiro atoms. The highest BCUT2D eigenvalue weighted by Crippen LogP contribution is 2.39. The first-order chi connectivity index (χ1) is 13.2. The molecule has 0 fully saturated rings. The number of ether oxygens (including phenoxy) is 1. The van der Waals surface area contributed by atoms with E-state index in [0.717, 1.165) is 47.8 Å². The normalized spacial score (nSPS) is 17.7. The number of para-hydroxylation sites is 1. The molecule has 0 amide bonds. The largest absolute Gasteiger partial charge is 0.493 e. The van der Waals surface area contributed by atoms with Crippen molar-refractivity contribution in [3.05, 3.63) is 65.2 Å². The molecule has 5 rings (SSSR count). The lowest BCUT2D eigenvalue weighted by atomic mass is 9.89. The van der Waals surface area contributed by atoms with Crippen LogP contribution >= 0.6 is 0 Å². The molecule has 1 unspecified atom stereocenters. The monoisotopic (exact) mass is 357 g/mol. The van der Waals surface area contributed by atoms with Crippen molar-refractivity contribution in [1.82, 2.24) is 5.16 Å². The minimum atomic E-state index is 0.507. The summed E-state index contributed by atoms with van der Waals surface area (Å²) in [6.45, 7) is 5.30. The van der Waals surface area contributed by atoms with E-state index in [2.05, 4.69) is 67.6 Å². The Hall–Kier alpha value is -2.81. The van der Waals surface area contributed by atoms with Crippen molar-refractivity contribution in [3.63, 3.8) is 0 Å². The average Bonchev–Trinajstić information content (AvgIpc) is 3.34. The topological polar surface area (TPSA) is 35.3 Å². The van der Waals surface area contributed by atoms with Crippen LogP contribution in [-0.2, 0) is 6.42 Å². The maximum Gasteiger partial charge on any atom is 0.167 e. The molecule has 2 heterocycles. The van der Waals surface area contributed by atoms with Crippen LogP contribution in [-0.4, -0.2) is 11.8 Å². The first-order valence-corrected chi connectivity index (χ1v) is 9.75. The molecule has 1 aromatic heterocycles. The lowest BCUT2D eigenvalue weighted by Gasteiger charge is -2.19. The number of aryl methyl sites for hydroxylation is 1. The minimum Gasteiger partial charge on any atom is -0.493 e. The quantitative estimate of drug-likeness (QED) is 0.568. The van der Waals surface area contributed by atoms with E-state index in [9.17, 15) is 0 Å². The molecule has 0 radical (unpaired) electrons. The molecule has 2 aromatic carbocycles. The SMILES string of the molecule is CC(C)C1C=Cc2cc(-c3cc(-c4cccc5c4OCCC5)no3)ccc21. The maximum absolute atomic E-state index is 5.93. The molecule has 3 heteroatoms. The van der Waals surface area contributed by atoms with E-state index in [4.69, 9.17) is 9.26 Å². The molecular formula is C24H23NO2. The fraction of sp³-hybridized carbons (Fsp3) is 0.292. The van der Waals surface area contributed by atoms with Gasteiger partial charge in [0, 0.05) is 23.1 Å². The van der Waals surface area contributed by atoms with E-state index in [1.54, 1.807) is 0 Å². The summed E-state index contributed by atoms with van der Waals surface area (Å²) < 4.78 is 11.6. The van der Waals surface area contributed by atoms with E-state index in [1.807, 2.05) is 6.07 Å². The molecule has 2 aliphatic rings. The van der Waals surface area contributed by atoms with Gasteiger partial charge in [0.2, 0.25) is 0 Å². The fourth-order valence-corrected chi connectivity index (χ4v) is 4.20. The summed E-state index contributed by atoms with van der Waals surface area (Å²) in [7, 11) is 0. The molecule has 3 aromatic rings. The van der Waals surface area contributed by atoms with Gasteiger partial charge in [-0.1, -0.05) is 55.4 Å². The highest BCUT2D eigenvalue weighted by molar-refractivity contribution is 5.75. The molecule has 27 heavy (non-hydrogen) atoms. The third-order valence-electron chi connectivity index (χ3n) is 5.65. The van der Waals surface area contributed by atoms with Crippen LogP contribution in [0.2, 0.25) is 0 Å². The zero-order valence-electron chi connectivity index (χ0n) is 15.7. The van der Waals surface area contributed by atoms with Gasteiger partial charge in [0.05, 0.1) is 6.61 Å². The van der Waals surface area contributed by atoms with Crippen LogP contribution < -0.4 is 4.74 Å². The van der Waals surface area contributed by atoms with E-state index in [1.165, 1.54) is 16.7 Å². The van der Waals surface area contributed by atoms with Crippen molar-refractivity contribution < 1.29 is 9.26 Å². The van der Waals surface area contributed by atoms with Crippen molar-refractivity contribution in [2.75, 3.05) is 6.61 Å². The highest BCUT2D eigenvalue weighted by atomic mass is 16.5. The van der Waals surface area contributed by atoms with Crippen molar-refractivity contribution >= 4 is 6.08 Å². The summed E-state index contributed by atoms with van der Waals surface area (Å²) in [5.74, 6) is 2.87. The third-order valence-corrected chi connectivity index (χ3v) is 5.65. The molecule has 0 saturated carbocycles. The summed E-state index contributed by atoms with van der Waals surface area (Å²) in [4.78, 5) is 0. The second-order valence-corrected chi connectivity index (χ2v) is 7.79. The number of allylic oxidation sites excluding steroid dienone is 1. The Balaban J connectivity index is 1.50. The van der Waals surface area contributed by atoms with Gasteiger partial charge < -0.3 is 9.26 Å². The van der Waals surface area contributed by atoms with Gasteiger partial charge >= 0.3 is 0 Å². The average molecular weight is 357 g/mol. The Bertz CT molecular complexity index is 1030. The predicted octanol–water partition coefficient (Wildman–Crippen LogP) is 6.10. The molecule has 1 atom stereocenters. The number of aromatic nitrogens is 1. The van der Waals surface area contributed by atoms with Gasteiger partial charge in [-0.25, -0.2) is 0 Å². The van der Waals surface area contributed by atoms with Crippen LogP contribution in [0.5, 0.6) is 5.75 Å². The van der Waals surface area contributed by atoms with Gasteiger partial charge in [-0.3, -0.25) is 0 Å². The molecular weight excluding hydrogens is 334 g/mol. The van der Waals surface area contributed by atoms with Crippen LogP contribution in [0.1, 0.15) is 42.9 Å². The maximum atomic E-state index is 5.93. The number of hydrogen-bond donors (Lipinski definition) is 0. The van der Waals surface area contributed by atoms with Crippen LogP contribution in [0, 0.1) is 5.92 Å². The van der Waals surface area contributed by atoms with E-state index >= 15 is 0 Å². The van der Waals surface area contributed by atoms with Crippen LogP contribution in [0.15, 0.2) is 53.1 Å². The van der Waals surface area contributed by atoms with Gasteiger partial charge in [0.15, 0.2) is 5.76 Å². The molecule has 0 saturated heterocycles. The van der Waals surface area contributed by atoms with Gasteiger partial charge in [-0.05, 0) is 47.6 Å². The third kappa shape index (κ3) is 2.78. The zero-order valence-corrected chi connectivity index (χ0v) is 15.7. The van der Waals surface area contributed by atoms with Gasteiger partial charge in [0.25, 0.3) is 0 Å². The Kier molecular flexibility index (Phi) is 3.89. The van der Waals surface area contributed by atoms with E-state index in [-0.39, 0.29) is 0 Å². The minimum absolute atomic E-state index is 0.507. The number of hydrogen-bond acceptors (Lipinski definition) is 3. The summed E-state index contributed by atoms with van der Waals surface area (Å²) >= 11 is 0. The second kappa shape index (κ2) is 6.41. The molecule has 1 aliphatic carbocycles. The summed E-state index contributed by atoms with van der Waals surface area (Å²) in [5, 5.41) is 4.33. The van der Waals surface area contributed by atoms with Crippen LogP contribution in [0.25, 0.3) is 28.7 Å². The Morgan fingerprint density at radius 3 is 2.93 bits per heavy atom. The van der Waals surface area contributed by atoms with Gasteiger partial charge in [-0.15, -0.1) is 0 Å². The van der Waals surface area contributed by atoms with Crippen molar-refractivity contribution in [1.29, 1.82) is 0 Å². The highest BCUT2D eigenvalue weighted by Gasteiger charge is 2.22. The van der Waals surface area contributed by atoms with Crippen LogP contribution in [0.4, 0.5) is 0 Å². The van der Waals surface area contributed by atoms with Crippen molar-refractivity contribution in [3.8, 4) is 28.3 Å². The van der Waals surface area contributed by atoms with E-state index in [0.29, 0.717) is 11.8 Å². The van der Waals surface area contributed by atoms with Gasteiger partial charge in [0.1, 0.15) is 11.4 Å². The molecule has 1 aliphatic heterocycles. The summed E-state index contributed by atoms with van der Waals surface area (Å²) in [6.07, 6.45) is 6.66. The fourth-order valence-electron chi connectivity index (χ4n) is 4.20. The molecule has 0 bridgehead atoms. The number of rotatable bonds is 3. The Morgan fingerprint density at radius 1 is 1.11 bits per heavy atom. The standard InChI is InChI=1S/C24H23NO2/c1-15(2)19-10-8-17-13-18(9-11-20(17)19)23-14-22(25-27-23)21-7-3-5-16-6-4-12-26-24(16)21/h3,5,7-11,13-15,19H,4,6,12H2,1-2H3. The first-order valence-electron chi connectivity index (χ1n) is 9.75.